The summed E-state index contributed by atoms with van der Waals surface area (Å²) in [4.78, 5) is 30.6. The van der Waals surface area contributed by atoms with E-state index in [1.54, 1.807) is 25.1 Å². The molecular weight excluding hydrogens is 326 g/mol. The number of nitriles is 1. The van der Waals surface area contributed by atoms with Gasteiger partial charge >= 0.3 is 5.97 Å². The van der Waals surface area contributed by atoms with Gasteiger partial charge in [-0.3, -0.25) is 4.79 Å². The molecule has 0 aliphatic carbocycles. The molecule has 0 aliphatic heterocycles. The molecule has 0 radical (unpaired) electrons. The second-order valence-electron chi connectivity index (χ2n) is 4.87. The fraction of sp³-hybridized carbons (Fsp3) is 0.294. The number of carbonyl (C=O) groups excluding carboxylic acids is 1. The van der Waals surface area contributed by atoms with Gasteiger partial charge in [0.05, 0.1) is 17.9 Å². The Hall–Kier alpha value is -2.59. The summed E-state index contributed by atoms with van der Waals surface area (Å²) in [5.41, 5.74) is 1.53. The molecule has 0 saturated carbocycles. The fourth-order valence-corrected chi connectivity index (χ4v) is 2.91. The van der Waals surface area contributed by atoms with Crippen molar-refractivity contribution in [1.29, 1.82) is 5.26 Å². The summed E-state index contributed by atoms with van der Waals surface area (Å²) in [5.74, 6) is 0.174. The van der Waals surface area contributed by atoms with Crippen molar-refractivity contribution in [1.82, 2.24) is 9.97 Å². The van der Waals surface area contributed by atoms with Crippen molar-refractivity contribution >= 4 is 17.7 Å². The number of hydrogen-bond donors (Lipinski definition) is 1. The van der Waals surface area contributed by atoms with Crippen molar-refractivity contribution in [3.8, 4) is 6.07 Å². The monoisotopic (exact) mass is 343 g/mol. The lowest BCUT2D eigenvalue weighted by atomic mass is 10.1. The van der Waals surface area contributed by atoms with Gasteiger partial charge in [0.25, 0.3) is 5.56 Å². The lowest BCUT2D eigenvalue weighted by Gasteiger charge is -2.06. The van der Waals surface area contributed by atoms with Crippen molar-refractivity contribution in [3.63, 3.8) is 0 Å². The number of nitrogens with one attached hydrogen (secondary N) is 1. The molecule has 0 atom stereocenters. The predicted octanol–water partition coefficient (Wildman–Crippen LogP) is 2.67. The maximum atomic E-state index is 11.9. The Morgan fingerprint density at radius 3 is 2.88 bits per heavy atom. The number of aromatic nitrogens is 2. The highest BCUT2D eigenvalue weighted by Gasteiger charge is 2.11. The Kier molecular flexibility index (Phi) is 6.15. The predicted molar refractivity (Wildman–Crippen MR) is 90.9 cm³/mol. The van der Waals surface area contributed by atoms with Gasteiger partial charge in [-0.2, -0.15) is 5.26 Å². The summed E-state index contributed by atoms with van der Waals surface area (Å²) in [5, 5.41) is 9.45. The summed E-state index contributed by atoms with van der Waals surface area (Å²) < 4.78 is 4.98. The third-order valence-electron chi connectivity index (χ3n) is 3.23. The first kappa shape index (κ1) is 17.8. The number of nitrogens with zero attached hydrogens (tertiary/aromatic N) is 2. The first-order valence-electron chi connectivity index (χ1n) is 7.51. The summed E-state index contributed by atoms with van der Waals surface area (Å²) in [7, 11) is 0. The lowest BCUT2D eigenvalue weighted by Crippen LogP contribution is -2.16. The zero-order valence-corrected chi connectivity index (χ0v) is 14.3. The second-order valence-corrected chi connectivity index (χ2v) is 5.83. The average molecular weight is 343 g/mol. The minimum Gasteiger partial charge on any atom is -0.462 e. The Morgan fingerprint density at radius 2 is 2.21 bits per heavy atom. The van der Waals surface area contributed by atoms with Crippen molar-refractivity contribution in [2.24, 2.45) is 0 Å². The van der Waals surface area contributed by atoms with E-state index in [1.807, 2.05) is 19.1 Å². The van der Waals surface area contributed by atoms with Gasteiger partial charge in [-0.15, -0.1) is 0 Å². The van der Waals surface area contributed by atoms with Gasteiger partial charge < -0.3 is 9.72 Å². The number of aromatic amines is 1. The molecule has 124 valence electrons. The van der Waals surface area contributed by atoms with Crippen LogP contribution < -0.4 is 5.56 Å². The third kappa shape index (κ3) is 4.24. The first-order chi connectivity index (χ1) is 11.6. The second kappa shape index (κ2) is 8.31. The van der Waals surface area contributed by atoms with Crippen LogP contribution in [0.3, 0.4) is 0 Å². The van der Waals surface area contributed by atoms with Crippen LogP contribution in [0.2, 0.25) is 0 Å². The van der Waals surface area contributed by atoms with Gasteiger partial charge in [-0.1, -0.05) is 30.8 Å². The summed E-state index contributed by atoms with van der Waals surface area (Å²) in [6, 6.07) is 9.01. The number of carbonyl (C=O) groups is 1. The van der Waals surface area contributed by atoms with Crippen molar-refractivity contribution < 1.29 is 9.53 Å². The largest absolute Gasteiger partial charge is 0.462 e. The number of H-pyrrole nitrogens is 1. The van der Waals surface area contributed by atoms with E-state index in [0.29, 0.717) is 35.2 Å². The normalized spacial score (nSPS) is 10.2. The molecule has 6 nitrogen and oxygen atoms in total. The standard InChI is InChI=1S/C17H17N3O3S/c1-3-14-13(9-18)15(21)20-17(19-14)24-10-11-6-5-7-12(8-11)16(22)23-4-2/h5-8H,3-4,10H2,1-2H3,(H,19,20,21). The van der Waals surface area contributed by atoms with E-state index in [1.165, 1.54) is 11.8 Å². The van der Waals surface area contributed by atoms with Crippen LogP contribution >= 0.6 is 11.8 Å². The van der Waals surface area contributed by atoms with Crippen LogP contribution in [-0.2, 0) is 16.9 Å². The number of thioether (sulfide) groups is 1. The van der Waals surface area contributed by atoms with Gasteiger partial charge in [0.1, 0.15) is 11.6 Å². The summed E-state index contributed by atoms with van der Waals surface area (Å²) in [6.45, 7) is 3.93. The molecule has 1 aromatic carbocycles. The van der Waals surface area contributed by atoms with E-state index in [4.69, 9.17) is 10.00 Å². The molecule has 24 heavy (non-hydrogen) atoms. The quantitative estimate of drug-likeness (QED) is 0.492. The maximum Gasteiger partial charge on any atom is 0.338 e. The van der Waals surface area contributed by atoms with Crippen LogP contribution in [0.5, 0.6) is 0 Å². The van der Waals surface area contributed by atoms with Crippen LogP contribution in [0, 0.1) is 11.3 Å². The number of esters is 1. The van der Waals surface area contributed by atoms with Crippen LogP contribution in [0.1, 0.15) is 41.0 Å². The highest BCUT2D eigenvalue weighted by Crippen LogP contribution is 2.20. The van der Waals surface area contributed by atoms with E-state index in [0.717, 1.165) is 5.56 Å². The van der Waals surface area contributed by atoms with E-state index in [9.17, 15) is 9.59 Å². The molecule has 0 aliphatic rings. The minimum atomic E-state index is -0.424. The summed E-state index contributed by atoms with van der Waals surface area (Å²) in [6.07, 6.45) is 0.513. The molecule has 1 N–H and O–H groups in total. The number of ether oxygens (including phenoxy) is 1. The maximum absolute atomic E-state index is 11.9. The van der Waals surface area contributed by atoms with E-state index in [-0.39, 0.29) is 11.5 Å². The van der Waals surface area contributed by atoms with Crippen molar-refractivity contribution in [3.05, 3.63) is 57.0 Å². The Morgan fingerprint density at radius 1 is 1.42 bits per heavy atom. The third-order valence-corrected chi connectivity index (χ3v) is 4.18. The number of aryl methyl sites for hydroxylation is 1. The first-order valence-corrected chi connectivity index (χ1v) is 8.49. The molecule has 0 bridgehead atoms. The average Bonchev–Trinajstić information content (AvgIpc) is 2.59. The molecule has 0 unspecified atom stereocenters. The molecule has 7 heteroatoms. The van der Waals surface area contributed by atoms with E-state index in [2.05, 4.69) is 9.97 Å². The Labute approximate surface area is 143 Å². The number of benzene rings is 1. The van der Waals surface area contributed by atoms with E-state index < -0.39 is 5.56 Å². The van der Waals surface area contributed by atoms with Crippen molar-refractivity contribution in [2.45, 2.75) is 31.2 Å². The molecule has 2 rings (SSSR count). The molecule has 0 saturated heterocycles. The molecule has 0 spiro atoms. The lowest BCUT2D eigenvalue weighted by molar-refractivity contribution is 0.0526. The van der Waals surface area contributed by atoms with Gasteiger partial charge in [0.15, 0.2) is 5.16 Å². The molecule has 0 fully saturated rings. The van der Waals surface area contributed by atoms with Gasteiger partial charge in [-0.05, 0) is 31.0 Å². The minimum absolute atomic E-state index is 0.0613. The topological polar surface area (TPSA) is 95.8 Å². The van der Waals surface area contributed by atoms with E-state index >= 15 is 0 Å². The smallest absolute Gasteiger partial charge is 0.338 e. The molecule has 1 heterocycles. The molecule has 2 aromatic rings. The molecule has 1 aromatic heterocycles. The fourth-order valence-electron chi connectivity index (χ4n) is 2.09. The van der Waals surface area contributed by atoms with Gasteiger partial charge in [0, 0.05) is 5.75 Å². The van der Waals surface area contributed by atoms with Crippen LogP contribution in [-0.4, -0.2) is 22.5 Å². The Bertz CT molecular complexity index is 840. The zero-order chi connectivity index (χ0) is 17.5. The highest BCUT2D eigenvalue weighted by molar-refractivity contribution is 7.98. The summed E-state index contributed by atoms with van der Waals surface area (Å²) >= 11 is 1.34. The number of rotatable bonds is 6. The number of hydrogen-bond acceptors (Lipinski definition) is 6. The van der Waals surface area contributed by atoms with Crippen LogP contribution in [0.25, 0.3) is 0 Å². The SMILES string of the molecule is CCOC(=O)c1cccc(CSc2nc(CC)c(C#N)c(=O)[nH]2)c1. The zero-order valence-electron chi connectivity index (χ0n) is 13.5. The molecule has 0 amide bonds. The van der Waals surface area contributed by atoms with Crippen LogP contribution in [0.15, 0.2) is 34.2 Å². The van der Waals surface area contributed by atoms with Gasteiger partial charge in [0.2, 0.25) is 0 Å². The highest BCUT2D eigenvalue weighted by atomic mass is 32.2. The molecular formula is C17H17N3O3S. The van der Waals surface area contributed by atoms with Crippen molar-refractivity contribution in [2.75, 3.05) is 6.61 Å². The van der Waals surface area contributed by atoms with Gasteiger partial charge in [-0.25, -0.2) is 9.78 Å². The van der Waals surface area contributed by atoms with Crippen LogP contribution in [0.4, 0.5) is 0 Å². The Balaban J connectivity index is 2.16.